The van der Waals surface area contributed by atoms with Crippen LogP contribution in [0.1, 0.15) is 51.4 Å². The highest BCUT2D eigenvalue weighted by Crippen LogP contribution is 2.36. The summed E-state index contributed by atoms with van der Waals surface area (Å²) < 4.78 is 40.2. The molecule has 1 fully saturated rings. The lowest BCUT2D eigenvalue weighted by atomic mass is 9.77. The molecule has 0 radical (unpaired) electrons. The molecule has 0 aromatic heterocycles. The van der Waals surface area contributed by atoms with Crippen molar-refractivity contribution in [3.05, 3.63) is 29.3 Å². The maximum atomic E-state index is 14.7. The normalized spacial score (nSPS) is 19.0. The maximum absolute atomic E-state index is 14.7. The van der Waals surface area contributed by atoms with Crippen molar-refractivity contribution in [2.75, 3.05) is 6.54 Å². The Morgan fingerprint density at radius 1 is 1.17 bits per heavy atom. The maximum Gasteiger partial charge on any atom is 0.497 e. The standard InChI is InChI=1S/C16H22BF2NO3/c1-6-9-20-14(21)12-11(18)8-7-10(13(12)19)17-22-15(2,3)16(4,5)23-17/h7-8H,6,9H2,1-5H3,(H,20,21). The molecular weight excluding hydrogens is 303 g/mol. The molecule has 1 heterocycles. The molecular formula is C16H22BF2NO3. The third-order valence-corrected chi connectivity index (χ3v) is 4.39. The van der Waals surface area contributed by atoms with E-state index in [9.17, 15) is 13.6 Å². The Morgan fingerprint density at radius 3 is 2.26 bits per heavy atom. The zero-order valence-electron chi connectivity index (χ0n) is 14.1. The lowest BCUT2D eigenvalue weighted by Crippen LogP contribution is -2.41. The van der Waals surface area contributed by atoms with E-state index in [1.807, 2.05) is 34.6 Å². The van der Waals surface area contributed by atoms with Gasteiger partial charge in [-0.15, -0.1) is 0 Å². The monoisotopic (exact) mass is 325 g/mol. The second-order valence-electron chi connectivity index (χ2n) is 6.67. The third-order valence-electron chi connectivity index (χ3n) is 4.39. The summed E-state index contributed by atoms with van der Waals surface area (Å²) >= 11 is 0. The molecule has 0 aliphatic carbocycles. The van der Waals surface area contributed by atoms with E-state index in [-0.39, 0.29) is 5.46 Å². The van der Waals surface area contributed by atoms with Crippen LogP contribution in [0.2, 0.25) is 0 Å². The van der Waals surface area contributed by atoms with Crippen LogP contribution in [0.3, 0.4) is 0 Å². The first-order valence-corrected chi connectivity index (χ1v) is 7.72. The molecule has 1 aromatic carbocycles. The fraction of sp³-hybridized carbons (Fsp3) is 0.562. The average Bonchev–Trinajstić information content (AvgIpc) is 2.65. The summed E-state index contributed by atoms with van der Waals surface area (Å²) in [6.07, 6.45) is 0.673. The van der Waals surface area contributed by atoms with Crippen molar-refractivity contribution >= 4 is 18.5 Å². The van der Waals surface area contributed by atoms with E-state index < -0.39 is 41.4 Å². The van der Waals surface area contributed by atoms with Gasteiger partial charge in [-0.25, -0.2) is 8.78 Å². The fourth-order valence-corrected chi connectivity index (χ4v) is 2.26. The number of benzene rings is 1. The van der Waals surface area contributed by atoms with Gasteiger partial charge in [0.2, 0.25) is 0 Å². The smallest absolute Gasteiger partial charge is 0.399 e. The number of rotatable bonds is 4. The van der Waals surface area contributed by atoms with Crippen LogP contribution in [0.25, 0.3) is 0 Å². The largest absolute Gasteiger partial charge is 0.497 e. The van der Waals surface area contributed by atoms with Crippen LogP contribution in [0.4, 0.5) is 8.78 Å². The van der Waals surface area contributed by atoms with Crippen LogP contribution in [0, 0.1) is 11.6 Å². The van der Waals surface area contributed by atoms with Crippen molar-refractivity contribution in [1.29, 1.82) is 0 Å². The fourth-order valence-electron chi connectivity index (χ4n) is 2.26. The molecule has 0 spiro atoms. The summed E-state index contributed by atoms with van der Waals surface area (Å²) in [6.45, 7) is 9.55. The molecule has 4 nitrogen and oxygen atoms in total. The number of halogens is 2. The molecule has 1 aromatic rings. The van der Waals surface area contributed by atoms with Crippen LogP contribution in [-0.4, -0.2) is 30.8 Å². The first kappa shape index (κ1) is 17.9. The lowest BCUT2D eigenvalue weighted by Gasteiger charge is -2.32. The van der Waals surface area contributed by atoms with E-state index in [4.69, 9.17) is 9.31 Å². The summed E-state index contributed by atoms with van der Waals surface area (Å²) in [5.74, 6) is -2.63. The molecule has 126 valence electrons. The molecule has 1 saturated heterocycles. The van der Waals surface area contributed by atoms with Gasteiger partial charge in [0.15, 0.2) is 0 Å². The van der Waals surface area contributed by atoms with Gasteiger partial charge in [-0.3, -0.25) is 4.79 Å². The highest BCUT2D eigenvalue weighted by molar-refractivity contribution is 6.62. The molecule has 1 aliphatic rings. The predicted octanol–water partition coefficient (Wildman–Crippen LogP) is 2.40. The van der Waals surface area contributed by atoms with Gasteiger partial charge >= 0.3 is 7.12 Å². The van der Waals surface area contributed by atoms with Crippen LogP contribution in [-0.2, 0) is 9.31 Å². The molecule has 0 bridgehead atoms. The molecule has 1 N–H and O–H groups in total. The van der Waals surface area contributed by atoms with E-state index in [0.29, 0.717) is 13.0 Å². The van der Waals surface area contributed by atoms with Crippen LogP contribution < -0.4 is 10.8 Å². The van der Waals surface area contributed by atoms with Gasteiger partial charge in [0.05, 0.1) is 11.2 Å². The van der Waals surface area contributed by atoms with Crippen LogP contribution in [0.15, 0.2) is 12.1 Å². The van der Waals surface area contributed by atoms with Crippen molar-refractivity contribution in [1.82, 2.24) is 5.32 Å². The number of nitrogens with one attached hydrogen (secondary N) is 1. The lowest BCUT2D eigenvalue weighted by molar-refractivity contribution is 0.00578. The molecule has 2 rings (SSSR count). The summed E-state index contributed by atoms with van der Waals surface area (Å²) in [5, 5.41) is 2.48. The second kappa shape index (κ2) is 6.21. The molecule has 1 amide bonds. The Bertz CT molecular complexity index is 604. The van der Waals surface area contributed by atoms with Gasteiger partial charge in [0.1, 0.15) is 17.2 Å². The first-order valence-electron chi connectivity index (χ1n) is 7.72. The number of amides is 1. The van der Waals surface area contributed by atoms with Crippen molar-refractivity contribution in [3.8, 4) is 0 Å². The zero-order valence-corrected chi connectivity index (χ0v) is 14.1. The topological polar surface area (TPSA) is 47.6 Å². The molecule has 0 unspecified atom stereocenters. The second-order valence-corrected chi connectivity index (χ2v) is 6.67. The van der Waals surface area contributed by atoms with Crippen LogP contribution in [0.5, 0.6) is 0 Å². The molecule has 0 saturated carbocycles. The first-order chi connectivity index (χ1) is 10.6. The number of carbonyl (C=O) groups excluding carboxylic acids is 1. The quantitative estimate of drug-likeness (QED) is 0.865. The SMILES string of the molecule is CCCNC(=O)c1c(F)ccc(B2OC(C)(C)C(C)(C)O2)c1F. The average molecular weight is 325 g/mol. The van der Waals surface area contributed by atoms with Crippen molar-refractivity contribution in [3.63, 3.8) is 0 Å². The Kier molecular flexibility index (Phi) is 4.82. The minimum atomic E-state index is -0.988. The highest BCUT2D eigenvalue weighted by atomic mass is 19.1. The van der Waals surface area contributed by atoms with Gasteiger partial charge in [0.25, 0.3) is 5.91 Å². The Morgan fingerprint density at radius 2 is 1.74 bits per heavy atom. The van der Waals surface area contributed by atoms with Gasteiger partial charge in [-0.1, -0.05) is 13.0 Å². The van der Waals surface area contributed by atoms with Crippen LogP contribution >= 0.6 is 0 Å². The van der Waals surface area contributed by atoms with E-state index in [2.05, 4.69) is 5.32 Å². The summed E-state index contributed by atoms with van der Waals surface area (Å²) in [6, 6.07) is 2.31. The minimum absolute atomic E-state index is 0.0201. The minimum Gasteiger partial charge on any atom is -0.399 e. The molecule has 7 heteroatoms. The Balaban J connectivity index is 2.37. The van der Waals surface area contributed by atoms with E-state index in [1.54, 1.807) is 0 Å². The predicted molar refractivity (Wildman–Crippen MR) is 84.7 cm³/mol. The Hall–Kier alpha value is -1.47. The summed E-state index contributed by atoms with van der Waals surface area (Å²) in [7, 11) is -0.988. The van der Waals surface area contributed by atoms with Crippen molar-refractivity contribution in [2.45, 2.75) is 52.2 Å². The van der Waals surface area contributed by atoms with Crippen molar-refractivity contribution in [2.24, 2.45) is 0 Å². The third kappa shape index (κ3) is 3.26. The number of hydrogen-bond donors (Lipinski definition) is 1. The number of hydrogen-bond acceptors (Lipinski definition) is 3. The summed E-state index contributed by atoms with van der Waals surface area (Å²) in [5.41, 5.74) is -1.89. The van der Waals surface area contributed by atoms with Crippen molar-refractivity contribution < 1.29 is 22.9 Å². The van der Waals surface area contributed by atoms with E-state index in [0.717, 1.165) is 6.07 Å². The molecule has 23 heavy (non-hydrogen) atoms. The van der Waals surface area contributed by atoms with Gasteiger partial charge in [-0.05, 0) is 40.2 Å². The highest BCUT2D eigenvalue weighted by Gasteiger charge is 2.52. The van der Waals surface area contributed by atoms with Gasteiger partial charge < -0.3 is 14.6 Å². The molecule has 0 atom stereocenters. The molecule has 1 aliphatic heterocycles. The number of carbonyl (C=O) groups is 1. The van der Waals surface area contributed by atoms with E-state index >= 15 is 0 Å². The van der Waals surface area contributed by atoms with Gasteiger partial charge in [0, 0.05) is 12.0 Å². The van der Waals surface area contributed by atoms with Gasteiger partial charge in [-0.2, -0.15) is 0 Å². The van der Waals surface area contributed by atoms with E-state index in [1.165, 1.54) is 6.07 Å². The zero-order chi connectivity index (χ0) is 17.4. The Labute approximate surface area is 135 Å². The summed E-state index contributed by atoms with van der Waals surface area (Å²) in [4.78, 5) is 12.0.